The van der Waals surface area contributed by atoms with Crippen LogP contribution >= 0.6 is 0 Å². The van der Waals surface area contributed by atoms with E-state index in [1.54, 1.807) is 36.4 Å². The molecule has 2 aromatic carbocycles. The Bertz CT molecular complexity index is 692. The van der Waals surface area contributed by atoms with Crippen LogP contribution in [-0.4, -0.2) is 24.1 Å². The Morgan fingerprint density at radius 2 is 1.82 bits per heavy atom. The smallest absolute Gasteiger partial charge is 0.307 e. The lowest BCUT2D eigenvalue weighted by Gasteiger charge is -2.10. The molecule has 0 radical (unpaired) electrons. The van der Waals surface area contributed by atoms with Gasteiger partial charge in [0.2, 0.25) is 0 Å². The van der Waals surface area contributed by atoms with Gasteiger partial charge in [0.25, 0.3) is 5.91 Å². The quantitative estimate of drug-likeness (QED) is 0.890. The summed E-state index contributed by atoms with van der Waals surface area (Å²) >= 11 is 0. The first-order chi connectivity index (χ1) is 10.5. The zero-order chi connectivity index (χ0) is 16.1. The second-order valence-electron chi connectivity index (χ2n) is 4.93. The van der Waals surface area contributed by atoms with Crippen molar-refractivity contribution in [3.05, 3.63) is 59.2 Å². The fourth-order valence-corrected chi connectivity index (χ4v) is 2.08. The molecule has 0 atom stereocenters. The molecule has 0 aliphatic rings. The number of hydrogen-bond acceptors (Lipinski definition) is 3. The van der Waals surface area contributed by atoms with E-state index in [2.05, 4.69) is 5.32 Å². The normalized spacial score (nSPS) is 10.1. The molecule has 0 saturated heterocycles. The number of amides is 1. The summed E-state index contributed by atoms with van der Waals surface area (Å²) in [5, 5.41) is 11.5. The van der Waals surface area contributed by atoms with E-state index >= 15 is 0 Å². The Morgan fingerprint density at radius 3 is 2.41 bits per heavy atom. The van der Waals surface area contributed by atoms with Gasteiger partial charge in [-0.1, -0.05) is 23.8 Å². The average molecular weight is 299 g/mol. The second kappa shape index (κ2) is 6.76. The van der Waals surface area contributed by atoms with Crippen LogP contribution < -0.4 is 10.1 Å². The van der Waals surface area contributed by atoms with Crippen molar-refractivity contribution in [2.45, 2.75) is 13.3 Å². The molecule has 0 spiro atoms. The van der Waals surface area contributed by atoms with Crippen molar-refractivity contribution in [2.24, 2.45) is 0 Å². The first-order valence-electron chi connectivity index (χ1n) is 6.76. The average Bonchev–Trinajstić information content (AvgIpc) is 2.48. The van der Waals surface area contributed by atoms with E-state index in [0.717, 1.165) is 5.56 Å². The minimum atomic E-state index is -0.888. The molecule has 2 N–H and O–H groups in total. The third-order valence-corrected chi connectivity index (χ3v) is 3.17. The van der Waals surface area contributed by atoms with Crippen molar-refractivity contribution in [3.8, 4) is 5.75 Å². The highest BCUT2D eigenvalue weighted by atomic mass is 16.5. The molecule has 114 valence electrons. The highest BCUT2D eigenvalue weighted by Gasteiger charge is 2.12. The Labute approximate surface area is 128 Å². The predicted molar refractivity (Wildman–Crippen MR) is 83.5 cm³/mol. The number of aliphatic carboxylic acids is 1. The Kier molecular flexibility index (Phi) is 4.78. The van der Waals surface area contributed by atoms with Crippen LogP contribution in [-0.2, 0) is 11.2 Å². The number of carbonyl (C=O) groups is 2. The molecule has 0 aromatic heterocycles. The number of anilines is 1. The molecule has 0 bridgehead atoms. The van der Waals surface area contributed by atoms with E-state index in [9.17, 15) is 9.59 Å². The molecule has 0 aliphatic carbocycles. The number of aryl methyl sites for hydroxylation is 1. The summed E-state index contributed by atoms with van der Waals surface area (Å²) in [6.45, 7) is 1.90. The topological polar surface area (TPSA) is 75.6 Å². The predicted octanol–water partition coefficient (Wildman–Crippen LogP) is 2.88. The van der Waals surface area contributed by atoms with Crippen LogP contribution in [0, 0.1) is 6.92 Å². The Balaban J connectivity index is 2.15. The molecule has 0 unspecified atom stereocenters. The Hall–Kier alpha value is -2.82. The van der Waals surface area contributed by atoms with Gasteiger partial charge in [0.15, 0.2) is 0 Å². The monoisotopic (exact) mass is 299 g/mol. The first-order valence-corrected chi connectivity index (χ1v) is 6.76. The highest BCUT2D eigenvalue weighted by molar-refractivity contribution is 6.06. The van der Waals surface area contributed by atoms with Gasteiger partial charge in [-0.15, -0.1) is 0 Å². The number of nitrogens with one attached hydrogen (secondary N) is 1. The summed E-state index contributed by atoms with van der Waals surface area (Å²) < 4.78 is 5.20. The van der Waals surface area contributed by atoms with E-state index in [1.807, 2.05) is 13.0 Å². The molecule has 2 aromatic rings. The SMILES string of the molecule is COc1ccc(C)cc1C(=O)Nc1ccc(CC(=O)O)cc1. The van der Waals surface area contributed by atoms with Gasteiger partial charge in [-0.05, 0) is 36.8 Å². The van der Waals surface area contributed by atoms with Crippen molar-refractivity contribution in [3.63, 3.8) is 0 Å². The van der Waals surface area contributed by atoms with E-state index in [-0.39, 0.29) is 12.3 Å². The molecule has 0 aliphatic heterocycles. The van der Waals surface area contributed by atoms with Gasteiger partial charge < -0.3 is 15.2 Å². The number of carbonyl (C=O) groups excluding carboxylic acids is 1. The maximum atomic E-state index is 12.3. The molecule has 2 rings (SSSR count). The third-order valence-electron chi connectivity index (χ3n) is 3.17. The van der Waals surface area contributed by atoms with Crippen LogP contribution in [0.5, 0.6) is 5.75 Å². The Morgan fingerprint density at radius 1 is 1.14 bits per heavy atom. The zero-order valence-electron chi connectivity index (χ0n) is 12.4. The van der Waals surface area contributed by atoms with E-state index < -0.39 is 5.97 Å². The third kappa shape index (κ3) is 3.85. The maximum absolute atomic E-state index is 12.3. The van der Waals surface area contributed by atoms with Gasteiger partial charge >= 0.3 is 5.97 Å². The molecule has 5 heteroatoms. The largest absolute Gasteiger partial charge is 0.496 e. The number of hydrogen-bond donors (Lipinski definition) is 2. The molecular weight excluding hydrogens is 282 g/mol. The summed E-state index contributed by atoms with van der Waals surface area (Å²) in [5.41, 5.74) is 2.70. The zero-order valence-corrected chi connectivity index (χ0v) is 12.4. The fourth-order valence-electron chi connectivity index (χ4n) is 2.08. The van der Waals surface area contributed by atoms with Crippen molar-refractivity contribution < 1.29 is 19.4 Å². The summed E-state index contributed by atoms with van der Waals surface area (Å²) in [4.78, 5) is 23.0. The number of carboxylic acids is 1. The van der Waals surface area contributed by atoms with Crippen LogP contribution in [0.4, 0.5) is 5.69 Å². The number of methoxy groups -OCH3 is 1. The van der Waals surface area contributed by atoms with Gasteiger partial charge in [0.1, 0.15) is 5.75 Å². The number of rotatable bonds is 5. The highest BCUT2D eigenvalue weighted by Crippen LogP contribution is 2.21. The molecule has 5 nitrogen and oxygen atoms in total. The lowest BCUT2D eigenvalue weighted by molar-refractivity contribution is -0.136. The summed E-state index contributed by atoms with van der Waals surface area (Å²) in [6.07, 6.45) is -0.0417. The van der Waals surface area contributed by atoms with Gasteiger partial charge in [-0.3, -0.25) is 9.59 Å². The van der Waals surface area contributed by atoms with Crippen molar-refractivity contribution >= 4 is 17.6 Å². The first kappa shape index (κ1) is 15.6. The summed E-state index contributed by atoms with van der Waals surface area (Å²) in [7, 11) is 1.52. The van der Waals surface area contributed by atoms with Crippen molar-refractivity contribution in [1.29, 1.82) is 0 Å². The van der Waals surface area contributed by atoms with Crippen LogP contribution in [0.25, 0.3) is 0 Å². The van der Waals surface area contributed by atoms with Crippen LogP contribution in [0.15, 0.2) is 42.5 Å². The maximum Gasteiger partial charge on any atom is 0.307 e. The molecule has 22 heavy (non-hydrogen) atoms. The second-order valence-corrected chi connectivity index (χ2v) is 4.93. The summed E-state index contributed by atoms with van der Waals surface area (Å²) in [5.74, 6) is -0.654. The molecule has 1 amide bonds. The van der Waals surface area contributed by atoms with Gasteiger partial charge in [0.05, 0.1) is 19.1 Å². The lowest BCUT2D eigenvalue weighted by Crippen LogP contribution is -2.13. The van der Waals surface area contributed by atoms with Crippen LogP contribution in [0.2, 0.25) is 0 Å². The lowest BCUT2D eigenvalue weighted by atomic mass is 10.1. The van der Waals surface area contributed by atoms with E-state index in [4.69, 9.17) is 9.84 Å². The van der Waals surface area contributed by atoms with E-state index in [0.29, 0.717) is 22.6 Å². The minimum absolute atomic E-state index is 0.0417. The standard InChI is InChI=1S/C17H17NO4/c1-11-3-8-15(22-2)14(9-11)17(21)18-13-6-4-12(5-7-13)10-16(19)20/h3-9H,10H2,1-2H3,(H,18,21)(H,19,20). The van der Waals surface area contributed by atoms with Crippen LogP contribution in [0.3, 0.4) is 0 Å². The number of carboxylic acid groups (broad SMARTS) is 1. The molecule has 0 fully saturated rings. The summed E-state index contributed by atoms with van der Waals surface area (Å²) in [6, 6.07) is 12.1. The van der Waals surface area contributed by atoms with Gasteiger partial charge in [-0.2, -0.15) is 0 Å². The van der Waals surface area contributed by atoms with E-state index in [1.165, 1.54) is 7.11 Å². The minimum Gasteiger partial charge on any atom is -0.496 e. The molecular formula is C17H17NO4. The van der Waals surface area contributed by atoms with Gasteiger partial charge in [0, 0.05) is 5.69 Å². The fraction of sp³-hybridized carbons (Fsp3) is 0.176. The van der Waals surface area contributed by atoms with Crippen molar-refractivity contribution in [1.82, 2.24) is 0 Å². The number of benzene rings is 2. The van der Waals surface area contributed by atoms with Gasteiger partial charge in [-0.25, -0.2) is 0 Å². The van der Waals surface area contributed by atoms with Crippen LogP contribution in [0.1, 0.15) is 21.5 Å². The molecule has 0 heterocycles. The van der Waals surface area contributed by atoms with Crippen molar-refractivity contribution in [2.75, 3.05) is 12.4 Å². The molecule has 0 saturated carbocycles. The number of ether oxygens (including phenoxy) is 1.